The Balaban J connectivity index is 4.30. The Labute approximate surface area is 156 Å². The summed E-state index contributed by atoms with van der Waals surface area (Å²) in [6.45, 7) is 5.14. The molecular weight excluding hydrogens is 432 g/mol. The average Bonchev–Trinajstić information content (AvgIpc) is 2.39. The van der Waals surface area contributed by atoms with Gasteiger partial charge < -0.3 is 0 Å². The third-order valence-corrected chi connectivity index (χ3v) is 10.2. The quantitative estimate of drug-likeness (QED) is 0.360. The van der Waals surface area contributed by atoms with Crippen molar-refractivity contribution in [1.82, 2.24) is 0 Å². The largest absolute Gasteiger partial charge is 0.284 e. The predicted molar refractivity (Wildman–Crippen MR) is 96.3 cm³/mol. The van der Waals surface area contributed by atoms with E-state index >= 15 is 0 Å². The summed E-state index contributed by atoms with van der Waals surface area (Å²) in [7, 11) is -16.9. The van der Waals surface area contributed by atoms with Crippen LogP contribution in [0.1, 0.15) is 53.4 Å². The zero-order valence-electron chi connectivity index (χ0n) is 15.1. The molecule has 158 valence electrons. The van der Waals surface area contributed by atoms with Crippen molar-refractivity contribution in [2.75, 3.05) is 11.5 Å². The molecule has 0 heterocycles. The molecule has 0 radical (unpaired) electrons. The second-order valence-electron chi connectivity index (χ2n) is 6.16. The van der Waals surface area contributed by atoms with Crippen molar-refractivity contribution in [2.24, 2.45) is 0 Å². The molecule has 0 N–H and O–H groups in total. The predicted octanol–water partition coefficient (Wildman–Crippen LogP) is 0.716. The summed E-state index contributed by atoms with van der Waals surface area (Å²) in [5.41, 5.74) is 0. The van der Waals surface area contributed by atoms with Crippen LogP contribution in [0.25, 0.3) is 0 Å². The van der Waals surface area contributed by atoms with Crippen LogP contribution in [0.5, 0.6) is 0 Å². The summed E-state index contributed by atoms with van der Waals surface area (Å²) < 4.78 is 100. The maximum absolute atomic E-state index is 11.6. The van der Waals surface area contributed by atoms with Gasteiger partial charge in [-0.2, -0.15) is 33.7 Å². The van der Waals surface area contributed by atoms with Gasteiger partial charge in [0.2, 0.25) is 0 Å². The summed E-state index contributed by atoms with van der Waals surface area (Å²) in [4.78, 5) is 0. The van der Waals surface area contributed by atoms with Crippen LogP contribution >= 0.6 is 0 Å². The lowest BCUT2D eigenvalue weighted by molar-refractivity contribution is 0.448. The van der Waals surface area contributed by atoms with Gasteiger partial charge in [0, 0.05) is 0 Å². The fraction of sp³-hybridized carbons (Fsp3) is 1.00. The summed E-state index contributed by atoms with van der Waals surface area (Å²) in [5.74, 6) is -1.05. The lowest BCUT2D eigenvalue weighted by atomic mass is 10.2. The van der Waals surface area contributed by atoms with Crippen molar-refractivity contribution < 1.29 is 40.9 Å². The Hall–Kier alpha value is -0.280. The van der Waals surface area contributed by atoms with Crippen molar-refractivity contribution in [1.29, 1.82) is 0 Å². The molecule has 14 heteroatoms. The van der Waals surface area contributed by atoms with Crippen LogP contribution in [0.2, 0.25) is 0 Å². The maximum Gasteiger partial charge on any atom is 0.284 e. The van der Waals surface area contributed by atoms with Gasteiger partial charge >= 0.3 is 0 Å². The van der Waals surface area contributed by atoms with Crippen molar-refractivity contribution in [3.05, 3.63) is 0 Å². The monoisotopic (exact) mass is 458 g/mol. The fourth-order valence-electron chi connectivity index (χ4n) is 1.43. The highest BCUT2D eigenvalue weighted by atomic mass is 32.3. The van der Waals surface area contributed by atoms with Crippen molar-refractivity contribution >= 4 is 40.5 Å². The Bertz CT molecular complexity index is 775. The van der Waals surface area contributed by atoms with Crippen LogP contribution in [-0.4, -0.2) is 55.7 Å². The SMILES string of the molecule is CC(C)S(=O)(=O)OS(=O)(=O)CCCCCCS(=O)(=O)OS(=O)(=O)C(C)C. The molecular formula is C12H26O10S4. The Morgan fingerprint density at radius 3 is 1.04 bits per heavy atom. The topological polar surface area (TPSA) is 155 Å². The summed E-state index contributed by atoms with van der Waals surface area (Å²) in [5, 5.41) is -1.99. The highest BCUT2D eigenvalue weighted by Crippen LogP contribution is 2.13. The first-order chi connectivity index (χ1) is 11.5. The minimum absolute atomic E-state index is 0.0706. The normalized spacial score (nSPS) is 14.2. The van der Waals surface area contributed by atoms with Crippen LogP contribution in [0, 0.1) is 0 Å². The van der Waals surface area contributed by atoms with E-state index in [0.717, 1.165) is 0 Å². The molecule has 0 saturated heterocycles. The van der Waals surface area contributed by atoms with Gasteiger partial charge in [-0.15, -0.1) is 7.26 Å². The van der Waals surface area contributed by atoms with Crippen molar-refractivity contribution in [3.63, 3.8) is 0 Å². The molecule has 10 nitrogen and oxygen atoms in total. The fourth-order valence-corrected chi connectivity index (χ4v) is 6.65. The molecule has 0 bridgehead atoms. The molecule has 0 aliphatic heterocycles. The summed E-state index contributed by atoms with van der Waals surface area (Å²) in [6, 6.07) is 0. The third-order valence-electron chi connectivity index (χ3n) is 3.09. The van der Waals surface area contributed by atoms with Crippen molar-refractivity contribution in [3.8, 4) is 0 Å². The van der Waals surface area contributed by atoms with Gasteiger partial charge in [0.25, 0.3) is 40.5 Å². The summed E-state index contributed by atoms with van der Waals surface area (Å²) >= 11 is 0. The van der Waals surface area contributed by atoms with Gasteiger partial charge in [0.05, 0.1) is 22.0 Å². The van der Waals surface area contributed by atoms with Gasteiger partial charge in [-0.05, 0) is 40.5 Å². The van der Waals surface area contributed by atoms with Gasteiger partial charge in [0.1, 0.15) is 0 Å². The molecule has 0 aromatic rings. The van der Waals surface area contributed by atoms with Gasteiger partial charge in [-0.3, -0.25) is 0 Å². The van der Waals surface area contributed by atoms with Crippen LogP contribution < -0.4 is 0 Å². The first-order valence-corrected chi connectivity index (χ1v) is 14.0. The molecule has 0 aliphatic rings. The van der Waals surface area contributed by atoms with E-state index in [1.165, 1.54) is 27.7 Å². The second kappa shape index (κ2) is 9.78. The van der Waals surface area contributed by atoms with Crippen LogP contribution in [0.3, 0.4) is 0 Å². The molecule has 0 unspecified atom stereocenters. The standard InChI is InChI=1S/C12H26O10S4/c1-11(2)25(17,18)21-23(13,14)9-7-5-6-8-10-24(15,16)22-26(19,20)12(3)4/h11-12H,5-10H2,1-4H3. The highest BCUT2D eigenvalue weighted by Gasteiger charge is 2.27. The molecule has 26 heavy (non-hydrogen) atoms. The molecule has 0 atom stereocenters. The second-order valence-corrected chi connectivity index (χ2v) is 14.1. The molecule has 0 spiro atoms. The molecule has 0 aliphatic carbocycles. The van der Waals surface area contributed by atoms with E-state index in [1.807, 2.05) is 0 Å². The van der Waals surface area contributed by atoms with Gasteiger partial charge in [0.15, 0.2) is 0 Å². The lowest BCUT2D eigenvalue weighted by Gasteiger charge is -2.09. The number of hydrogen-bond acceptors (Lipinski definition) is 10. The van der Waals surface area contributed by atoms with E-state index < -0.39 is 62.5 Å². The average molecular weight is 459 g/mol. The van der Waals surface area contributed by atoms with Gasteiger partial charge in [-0.1, -0.05) is 12.8 Å². The first kappa shape index (κ1) is 25.7. The third kappa shape index (κ3) is 10.2. The molecule has 0 rings (SSSR count). The molecule has 0 fully saturated rings. The van der Waals surface area contributed by atoms with Crippen LogP contribution in [-0.2, 0) is 47.7 Å². The van der Waals surface area contributed by atoms with Crippen LogP contribution in [0.4, 0.5) is 0 Å². The Morgan fingerprint density at radius 2 is 0.808 bits per heavy atom. The van der Waals surface area contributed by atoms with E-state index in [0.29, 0.717) is 0 Å². The Morgan fingerprint density at radius 1 is 0.538 bits per heavy atom. The first-order valence-electron chi connectivity index (χ1n) is 7.86. The number of unbranched alkanes of at least 4 members (excludes halogenated alkanes) is 3. The van der Waals surface area contributed by atoms with E-state index in [-0.39, 0.29) is 25.7 Å². The number of hydrogen-bond donors (Lipinski definition) is 0. The van der Waals surface area contributed by atoms with Gasteiger partial charge in [-0.25, -0.2) is 0 Å². The van der Waals surface area contributed by atoms with Crippen LogP contribution in [0.15, 0.2) is 0 Å². The highest BCUT2D eigenvalue weighted by molar-refractivity contribution is 8.00. The van der Waals surface area contributed by atoms with Crippen molar-refractivity contribution in [2.45, 2.75) is 63.9 Å². The minimum atomic E-state index is -4.24. The number of rotatable bonds is 13. The lowest BCUT2D eigenvalue weighted by Crippen LogP contribution is -2.23. The smallest absolute Gasteiger partial charge is 0.198 e. The van der Waals surface area contributed by atoms with E-state index in [2.05, 4.69) is 7.26 Å². The van der Waals surface area contributed by atoms with E-state index in [1.54, 1.807) is 0 Å². The summed E-state index contributed by atoms with van der Waals surface area (Å²) in [6.07, 6.45) is 0.718. The maximum atomic E-state index is 11.6. The molecule has 0 aromatic heterocycles. The van der Waals surface area contributed by atoms with E-state index in [9.17, 15) is 33.7 Å². The molecule has 0 amide bonds. The molecule has 0 saturated carbocycles. The van der Waals surface area contributed by atoms with E-state index in [4.69, 9.17) is 0 Å². The zero-order chi connectivity index (χ0) is 20.8. The zero-order valence-corrected chi connectivity index (χ0v) is 18.4. The molecule has 0 aromatic carbocycles. The minimum Gasteiger partial charge on any atom is -0.198 e. The Kier molecular flexibility index (Phi) is 9.67.